The van der Waals surface area contributed by atoms with Crippen LogP contribution in [0.2, 0.25) is 0 Å². The van der Waals surface area contributed by atoms with Crippen molar-refractivity contribution in [3.8, 4) is 11.8 Å². The van der Waals surface area contributed by atoms with Gasteiger partial charge in [0.1, 0.15) is 6.61 Å². The molecule has 0 aliphatic rings. The first-order valence-corrected chi connectivity index (χ1v) is 7.74. The van der Waals surface area contributed by atoms with E-state index in [0.717, 1.165) is 21.9 Å². The molecule has 1 N–H and O–H groups in total. The van der Waals surface area contributed by atoms with Gasteiger partial charge in [-0.1, -0.05) is 78.6 Å². The van der Waals surface area contributed by atoms with Crippen molar-refractivity contribution in [2.45, 2.75) is 6.61 Å². The van der Waals surface area contributed by atoms with E-state index >= 15 is 0 Å². The van der Waals surface area contributed by atoms with Crippen LogP contribution in [0.1, 0.15) is 11.1 Å². The van der Waals surface area contributed by atoms with Crippen molar-refractivity contribution in [1.29, 1.82) is 0 Å². The van der Waals surface area contributed by atoms with Crippen LogP contribution in [-0.4, -0.2) is 12.6 Å². The largest absolute Gasteiger partial charge is 0.445 e. The van der Waals surface area contributed by atoms with E-state index in [1.165, 1.54) is 0 Å². The fraction of sp³-hybridized carbons (Fsp3) is 0.0952. The molecular weight excluding hydrogens is 298 g/mol. The summed E-state index contributed by atoms with van der Waals surface area (Å²) in [6.45, 7) is 0.500. The first-order valence-electron chi connectivity index (χ1n) is 7.74. The maximum atomic E-state index is 11.6. The second-order valence-electron chi connectivity index (χ2n) is 5.24. The van der Waals surface area contributed by atoms with Crippen LogP contribution in [-0.2, 0) is 11.3 Å². The maximum Gasteiger partial charge on any atom is 0.408 e. The van der Waals surface area contributed by atoms with Crippen molar-refractivity contribution in [2.75, 3.05) is 6.54 Å². The van der Waals surface area contributed by atoms with Gasteiger partial charge in [0.15, 0.2) is 0 Å². The van der Waals surface area contributed by atoms with Gasteiger partial charge in [0.05, 0.1) is 6.54 Å². The Bertz CT molecular complexity index is 886. The number of carbonyl (C=O) groups excluding carboxylic acids is 1. The summed E-state index contributed by atoms with van der Waals surface area (Å²) in [5.41, 5.74) is 1.90. The Morgan fingerprint density at radius 2 is 1.67 bits per heavy atom. The topological polar surface area (TPSA) is 38.3 Å². The minimum atomic E-state index is -0.467. The second kappa shape index (κ2) is 7.85. The Labute approximate surface area is 141 Å². The lowest BCUT2D eigenvalue weighted by molar-refractivity contribution is 0.141. The van der Waals surface area contributed by atoms with E-state index in [1.807, 2.05) is 60.7 Å². The molecule has 1 amide bonds. The van der Waals surface area contributed by atoms with Crippen LogP contribution in [0.25, 0.3) is 10.8 Å². The van der Waals surface area contributed by atoms with Gasteiger partial charge in [-0.05, 0) is 22.4 Å². The summed E-state index contributed by atoms with van der Waals surface area (Å²) in [6, 6.07) is 23.7. The van der Waals surface area contributed by atoms with Crippen LogP contribution in [0, 0.1) is 11.8 Å². The van der Waals surface area contributed by atoms with Gasteiger partial charge in [0.25, 0.3) is 0 Å². The monoisotopic (exact) mass is 315 g/mol. The highest BCUT2D eigenvalue weighted by atomic mass is 16.5. The summed E-state index contributed by atoms with van der Waals surface area (Å²) >= 11 is 0. The lowest BCUT2D eigenvalue weighted by Gasteiger charge is -2.04. The van der Waals surface area contributed by atoms with E-state index in [4.69, 9.17) is 4.74 Å². The average molecular weight is 315 g/mol. The predicted octanol–water partition coefficient (Wildman–Crippen LogP) is 4.12. The van der Waals surface area contributed by atoms with Crippen LogP contribution < -0.4 is 5.32 Å². The zero-order chi connectivity index (χ0) is 16.6. The van der Waals surface area contributed by atoms with Gasteiger partial charge >= 0.3 is 6.09 Å². The molecule has 0 fully saturated rings. The highest BCUT2D eigenvalue weighted by Crippen LogP contribution is 2.17. The first kappa shape index (κ1) is 15.6. The smallest absolute Gasteiger partial charge is 0.408 e. The molecule has 3 rings (SSSR count). The quantitative estimate of drug-likeness (QED) is 0.738. The Morgan fingerprint density at radius 1 is 0.917 bits per heavy atom. The van der Waals surface area contributed by atoms with Crippen molar-refractivity contribution in [3.05, 3.63) is 83.9 Å². The van der Waals surface area contributed by atoms with Gasteiger partial charge in [-0.2, -0.15) is 0 Å². The lowest BCUT2D eigenvalue weighted by Crippen LogP contribution is -2.24. The molecule has 0 radical (unpaired) electrons. The van der Waals surface area contributed by atoms with E-state index in [0.29, 0.717) is 0 Å². The molecule has 0 aliphatic carbocycles. The molecule has 3 nitrogen and oxygen atoms in total. The van der Waals surface area contributed by atoms with E-state index in [1.54, 1.807) is 0 Å². The van der Waals surface area contributed by atoms with Crippen LogP contribution >= 0.6 is 0 Å². The summed E-state index contributed by atoms with van der Waals surface area (Å²) in [6.07, 6.45) is -0.467. The number of rotatable bonds is 3. The zero-order valence-corrected chi connectivity index (χ0v) is 13.2. The molecule has 0 heterocycles. The maximum absolute atomic E-state index is 11.6. The molecule has 0 spiro atoms. The SMILES string of the molecule is O=C(NCC#Cc1cccc2ccccc12)OCc1ccccc1. The van der Waals surface area contributed by atoms with E-state index in [2.05, 4.69) is 29.3 Å². The van der Waals surface area contributed by atoms with E-state index < -0.39 is 6.09 Å². The molecule has 0 aromatic heterocycles. The third kappa shape index (κ3) is 4.15. The summed E-state index contributed by atoms with van der Waals surface area (Å²) < 4.78 is 5.13. The summed E-state index contributed by atoms with van der Waals surface area (Å²) in [7, 11) is 0. The Hall–Kier alpha value is -3.25. The second-order valence-corrected chi connectivity index (χ2v) is 5.24. The number of nitrogens with one attached hydrogen (secondary N) is 1. The zero-order valence-electron chi connectivity index (χ0n) is 13.2. The number of hydrogen-bond donors (Lipinski definition) is 1. The Kier molecular flexibility index (Phi) is 5.11. The molecule has 0 bridgehead atoms. The molecule has 0 unspecified atom stereocenters. The highest BCUT2D eigenvalue weighted by Gasteiger charge is 2.00. The summed E-state index contributed by atoms with van der Waals surface area (Å²) in [5, 5.41) is 4.90. The lowest BCUT2D eigenvalue weighted by atomic mass is 10.1. The standard InChI is InChI=1S/C21H17NO2/c23-21(24-16-17-8-2-1-3-9-17)22-15-7-13-19-12-6-11-18-10-4-5-14-20(18)19/h1-6,8-12,14H,15-16H2,(H,22,23). The average Bonchev–Trinajstić information content (AvgIpc) is 2.64. The number of amides is 1. The molecule has 24 heavy (non-hydrogen) atoms. The van der Waals surface area contributed by atoms with Crippen LogP contribution in [0.5, 0.6) is 0 Å². The fourth-order valence-corrected chi connectivity index (χ4v) is 2.36. The number of ether oxygens (including phenoxy) is 1. The number of fused-ring (bicyclic) bond motifs is 1. The van der Waals surface area contributed by atoms with Crippen LogP contribution in [0.4, 0.5) is 4.79 Å². The first-order chi connectivity index (χ1) is 11.8. The fourth-order valence-electron chi connectivity index (χ4n) is 2.36. The Balaban J connectivity index is 1.53. The normalized spacial score (nSPS) is 9.83. The molecule has 0 aliphatic heterocycles. The van der Waals surface area contributed by atoms with Crippen molar-refractivity contribution in [3.63, 3.8) is 0 Å². The third-order valence-corrected chi connectivity index (χ3v) is 3.55. The van der Waals surface area contributed by atoms with Gasteiger partial charge in [-0.25, -0.2) is 4.79 Å². The highest BCUT2D eigenvalue weighted by molar-refractivity contribution is 5.88. The number of benzene rings is 3. The Morgan fingerprint density at radius 3 is 2.54 bits per heavy atom. The minimum Gasteiger partial charge on any atom is -0.445 e. The summed E-state index contributed by atoms with van der Waals surface area (Å²) in [5.74, 6) is 6.06. The number of carbonyl (C=O) groups is 1. The van der Waals surface area contributed by atoms with Gasteiger partial charge in [-0.3, -0.25) is 0 Å². The minimum absolute atomic E-state index is 0.247. The summed E-state index contributed by atoms with van der Waals surface area (Å²) in [4.78, 5) is 11.6. The van der Waals surface area contributed by atoms with Crippen molar-refractivity contribution >= 4 is 16.9 Å². The molecule has 3 aromatic rings. The van der Waals surface area contributed by atoms with Gasteiger partial charge in [0.2, 0.25) is 0 Å². The molecule has 0 saturated heterocycles. The van der Waals surface area contributed by atoms with Gasteiger partial charge in [0, 0.05) is 5.56 Å². The van der Waals surface area contributed by atoms with Crippen LogP contribution in [0.15, 0.2) is 72.8 Å². The molecule has 3 aromatic carbocycles. The van der Waals surface area contributed by atoms with Crippen molar-refractivity contribution < 1.29 is 9.53 Å². The van der Waals surface area contributed by atoms with E-state index in [-0.39, 0.29) is 13.2 Å². The molecular formula is C21H17NO2. The van der Waals surface area contributed by atoms with E-state index in [9.17, 15) is 4.79 Å². The predicted molar refractivity (Wildman–Crippen MR) is 95.5 cm³/mol. The molecule has 3 heteroatoms. The number of alkyl carbamates (subject to hydrolysis) is 1. The molecule has 118 valence electrons. The molecule has 0 saturated carbocycles. The van der Waals surface area contributed by atoms with Crippen molar-refractivity contribution in [1.82, 2.24) is 5.32 Å². The van der Waals surface area contributed by atoms with Crippen LogP contribution in [0.3, 0.4) is 0 Å². The van der Waals surface area contributed by atoms with Gasteiger partial charge < -0.3 is 10.1 Å². The number of hydrogen-bond acceptors (Lipinski definition) is 2. The van der Waals surface area contributed by atoms with Crippen molar-refractivity contribution in [2.24, 2.45) is 0 Å². The third-order valence-electron chi connectivity index (χ3n) is 3.55. The molecule has 0 atom stereocenters. The van der Waals surface area contributed by atoms with Gasteiger partial charge in [-0.15, -0.1) is 0 Å².